The van der Waals surface area contributed by atoms with Crippen molar-refractivity contribution < 1.29 is 30.6 Å². The largest absolute Gasteiger partial charge is 0.476 e. The third kappa shape index (κ3) is 3.60. The molecule has 26 heavy (non-hydrogen) atoms. The summed E-state index contributed by atoms with van der Waals surface area (Å²) in [6.07, 6.45) is -4.79. The topological polar surface area (TPSA) is 84.7 Å². The molecule has 140 valence electrons. The van der Waals surface area contributed by atoms with E-state index < -0.39 is 60.2 Å². The maximum atomic E-state index is 12.7. The monoisotopic (exact) mass is 440 g/mol. The lowest BCUT2D eigenvalue weighted by Crippen LogP contribution is -2.18. The van der Waals surface area contributed by atoms with Gasteiger partial charge < -0.3 is 5.73 Å². The lowest BCUT2D eigenvalue weighted by molar-refractivity contribution is -0.137. The summed E-state index contributed by atoms with van der Waals surface area (Å²) < 4.78 is 88.4. The summed E-state index contributed by atoms with van der Waals surface area (Å²) in [6, 6.07) is 2.19. The fraction of sp³-hybridized carbons (Fsp3) is 0.167. The van der Waals surface area contributed by atoms with Gasteiger partial charge in [-0.1, -0.05) is 23.2 Å². The Morgan fingerprint density at radius 3 is 2.04 bits per heavy atom. The van der Waals surface area contributed by atoms with Gasteiger partial charge in [-0.2, -0.15) is 36.7 Å². The standard InChI is InChI=1S/C12H4Cl2F6N4OS/c13-5-1-4(11(15,16)17)2-6(14)8(5)24-10(22)9(7(3-21)23-24)26(25)12(18,19)20/h1-2H,22H2/i3+1,7+1,9+1,10+1. The summed E-state index contributed by atoms with van der Waals surface area (Å²) in [5.41, 5.74) is -2.42. The highest BCUT2D eigenvalue weighted by atomic mass is 35.5. The summed E-state index contributed by atoms with van der Waals surface area (Å²) in [5.74, 6) is -0.902. The average Bonchev–Trinajstić information content (AvgIpc) is 2.80. The number of hydrogen-bond acceptors (Lipinski definition) is 4. The van der Waals surface area contributed by atoms with Gasteiger partial charge in [0.1, 0.15) is 22.5 Å². The van der Waals surface area contributed by atoms with Crippen molar-refractivity contribution in [2.75, 3.05) is 5.73 Å². The second-order valence-corrected chi connectivity index (χ2v) is 6.81. The molecule has 2 aromatic rings. The molecule has 1 aromatic carbocycles. The van der Waals surface area contributed by atoms with Gasteiger partial charge in [0.05, 0.1) is 15.6 Å². The molecule has 0 aliphatic heterocycles. The van der Waals surface area contributed by atoms with Gasteiger partial charge in [-0.25, -0.2) is 8.89 Å². The van der Waals surface area contributed by atoms with Crippen LogP contribution in [0.1, 0.15) is 11.3 Å². The van der Waals surface area contributed by atoms with Crippen molar-refractivity contribution in [1.29, 1.82) is 5.26 Å². The predicted octanol–water partition coefficient (Wildman–Crippen LogP) is 4.28. The number of benzene rings is 1. The first-order valence-electron chi connectivity index (χ1n) is 6.12. The minimum atomic E-state index is -5.25. The Kier molecular flexibility index (Phi) is 5.19. The lowest BCUT2D eigenvalue weighted by atomic mass is 10.2. The highest BCUT2D eigenvalue weighted by Crippen LogP contribution is 2.40. The second-order valence-electron chi connectivity index (χ2n) is 4.59. The predicted molar refractivity (Wildman–Crippen MR) is 80.2 cm³/mol. The molecule has 14 heteroatoms. The van der Waals surface area contributed by atoms with Crippen LogP contribution in [0.5, 0.6) is 0 Å². The molecular weight excluding hydrogens is 437 g/mol. The van der Waals surface area contributed by atoms with Crippen molar-refractivity contribution in [2.45, 2.75) is 16.6 Å². The summed E-state index contributed by atoms with van der Waals surface area (Å²) in [7, 11) is -3.71. The van der Waals surface area contributed by atoms with Crippen LogP contribution in [0.15, 0.2) is 17.0 Å². The van der Waals surface area contributed by atoms with Gasteiger partial charge in [-0.15, -0.1) is 0 Å². The van der Waals surface area contributed by atoms with Crippen LogP contribution < -0.4 is 5.73 Å². The van der Waals surface area contributed by atoms with Gasteiger partial charge >= 0.3 is 11.7 Å². The molecule has 0 radical (unpaired) electrons. The number of rotatable bonds is 2. The molecule has 5 nitrogen and oxygen atoms in total. The first-order valence-corrected chi connectivity index (χ1v) is 8.03. The Morgan fingerprint density at radius 1 is 1.15 bits per heavy atom. The molecule has 0 bridgehead atoms. The average molecular weight is 441 g/mol. The molecule has 0 aliphatic carbocycles. The summed E-state index contributed by atoms with van der Waals surface area (Å²) in [5, 5.41) is 11.1. The fourth-order valence-corrected chi connectivity index (χ4v) is 3.31. The summed E-state index contributed by atoms with van der Waals surface area (Å²) in [4.78, 5) is -1.15. The lowest BCUT2D eigenvalue weighted by Gasteiger charge is -2.13. The third-order valence-corrected chi connectivity index (χ3v) is 4.70. The van der Waals surface area contributed by atoms with Crippen molar-refractivity contribution in [3.05, 3.63) is 33.4 Å². The maximum absolute atomic E-state index is 12.7. The Balaban J connectivity index is 2.75. The zero-order valence-corrected chi connectivity index (χ0v) is 14.2. The van der Waals surface area contributed by atoms with E-state index in [4.69, 9.17) is 34.2 Å². The van der Waals surface area contributed by atoms with Gasteiger partial charge in [0.2, 0.25) is 0 Å². The van der Waals surface area contributed by atoms with E-state index in [-0.39, 0.29) is 0 Å². The Hall–Kier alpha value is -1.97. The van der Waals surface area contributed by atoms with Crippen LogP contribution in [0.4, 0.5) is 32.2 Å². The molecule has 2 N–H and O–H groups in total. The molecule has 0 spiro atoms. The summed E-state index contributed by atoms with van der Waals surface area (Å²) >= 11 is 11.5. The maximum Gasteiger partial charge on any atom is 0.476 e. The van der Waals surface area contributed by atoms with Gasteiger partial charge in [-0.05, 0) is 12.1 Å². The number of nitriles is 1. The molecule has 0 amide bonds. The van der Waals surface area contributed by atoms with Gasteiger partial charge in [-0.3, -0.25) is 0 Å². The van der Waals surface area contributed by atoms with E-state index in [1.165, 1.54) is 6.07 Å². The molecule has 1 unspecified atom stereocenters. The van der Waals surface area contributed by atoms with Crippen LogP contribution in [-0.2, 0) is 17.0 Å². The minimum Gasteiger partial charge on any atom is -0.383 e. The molecule has 2 rings (SSSR count). The van der Waals surface area contributed by atoms with Gasteiger partial charge in [0.25, 0.3) is 0 Å². The van der Waals surface area contributed by atoms with E-state index in [9.17, 15) is 30.6 Å². The number of nitrogen functional groups attached to an aromatic ring is 1. The molecule has 0 aliphatic rings. The zero-order chi connectivity index (χ0) is 20.0. The number of nitrogens with zero attached hydrogens (tertiary/aromatic N) is 3. The van der Waals surface area contributed by atoms with Gasteiger partial charge in [0, 0.05) is 0 Å². The Bertz CT molecular complexity index is 924. The first kappa shape index (κ1) is 20.3. The van der Waals surface area contributed by atoms with Crippen molar-refractivity contribution in [1.82, 2.24) is 9.78 Å². The molecule has 0 saturated carbocycles. The molecule has 1 heterocycles. The highest BCUT2D eigenvalue weighted by Gasteiger charge is 2.42. The zero-order valence-electron chi connectivity index (χ0n) is 11.9. The molecule has 1 aromatic heterocycles. The second kappa shape index (κ2) is 6.64. The quantitative estimate of drug-likeness (QED) is 0.557. The van der Waals surface area contributed by atoms with E-state index in [2.05, 4.69) is 5.10 Å². The third-order valence-electron chi connectivity index (χ3n) is 2.93. The minimum absolute atomic E-state index is 0.433. The molecule has 0 saturated heterocycles. The number of anilines is 1. The van der Waals surface area contributed by atoms with Crippen molar-refractivity contribution in [2.24, 2.45) is 0 Å². The van der Waals surface area contributed by atoms with Crippen LogP contribution in [0.2, 0.25) is 10.0 Å². The first-order chi connectivity index (χ1) is 11.8. The van der Waals surface area contributed by atoms with Crippen LogP contribution >= 0.6 is 23.2 Å². The van der Waals surface area contributed by atoms with Crippen LogP contribution in [-0.4, -0.2) is 19.5 Å². The molecular formula is C12H4Cl2F6N4OS. The van der Waals surface area contributed by atoms with E-state index in [0.29, 0.717) is 16.8 Å². The normalized spacial score (nSPS) is 13.5. The number of hydrogen-bond donors (Lipinski definition) is 1. The molecule has 0 fully saturated rings. The Labute approximate surface area is 153 Å². The van der Waals surface area contributed by atoms with Crippen molar-refractivity contribution in [3.8, 4) is 11.8 Å². The van der Waals surface area contributed by atoms with Crippen molar-refractivity contribution in [3.63, 3.8) is 0 Å². The van der Waals surface area contributed by atoms with Crippen LogP contribution in [0.25, 0.3) is 5.69 Å². The molecule has 1 atom stereocenters. The SMILES string of the molecule is N#[13C][13c]1nn(-c2c(Cl)cc(C(F)(F)F)cc2Cl)[13c](N)[13c]1S(=O)C(F)(F)F. The number of alkyl halides is 6. The highest BCUT2D eigenvalue weighted by molar-refractivity contribution is 7.86. The summed E-state index contributed by atoms with van der Waals surface area (Å²) in [6.45, 7) is 0. The van der Waals surface area contributed by atoms with E-state index in [0.717, 1.165) is 0 Å². The van der Waals surface area contributed by atoms with Crippen LogP contribution in [0, 0.1) is 11.3 Å². The van der Waals surface area contributed by atoms with E-state index >= 15 is 0 Å². The van der Waals surface area contributed by atoms with E-state index in [1.54, 1.807) is 0 Å². The smallest absolute Gasteiger partial charge is 0.383 e. The fourth-order valence-electron chi connectivity index (χ4n) is 1.89. The number of halogens is 8. The number of aromatic nitrogens is 2. The number of nitrogens with two attached hydrogens (primary N) is 1. The Morgan fingerprint density at radius 2 is 1.65 bits per heavy atom. The van der Waals surface area contributed by atoms with E-state index in [1.807, 2.05) is 0 Å². The van der Waals surface area contributed by atoms with Gasteiger partial charge in [0.15, 0.2) is 16.5 Å². The van der Waals surface area contributed by atoms with Crippen molar-refractivity contribution >= 4 is 39.8 Å². The van der Waals surface area contributed by atoms with Crippen LogP contribution in [0.3, 0.4) is 0 Å².